The van der Waals surface area contributed by atoms with Gasteiger partial charge < -0.3 is 14.2 Å². The van der Waals surface area contributed by atoms with Gasteiger partial charge in [-0.25, -0.2) is 13.2 Å². The van der Waals surface area contributed by atoms with E-state index in [9.17, 15) is 13.2 Å². The Morgan fingerprint density at radius 3 is 2.42 bits per heavy atom. The Balaban J connectivity index is 1.92. The predicted molar refractivity (Wildman–Crippen MR) is 121 cm³/mol. The first kappa shape index (κ1) is 22.8. The van der Waals surface area contributed by atoms with E-state index in [2.05, 4.69) is 0 Å². The number of nitrogens with zero attached hydrogens (tertiary/aromatic N) is 1. The molecule has 0 fully saturated rings. The Morgan fingerprint density at radius 1 is 1.06 bits per heavy atom. The predicted octanol–water partition coefficient (Wildman–Crippen LogP) is 3.50. The quantitative estimate of drug-likeness (QED) is 0.457. The summed E-state index contributed by atoms with van der Waals surface area (Å²) in [6, 6.07) is 13.2. The van der Waals surface area contributed by atoms with Gasteiger partial charge in [-0.2, -0.15) is 0 Å². The first-order valence-electron chi connectivity index (χ1n) is 10.0. The monoisotopic (exact) mass is 445 g/mol. The number of carbonyl (C=O) groups is 1. The molecule has 0 atom stereocenters. The number of hydrogen-bond donors (Lipinski definition) is 0. The van der Waals surface area contributed by atoms with Gasteiger partial charge in [0.05, 0.1) is 25.7 Å². The summed E-state index contributed by atoms with van der Waals surface area (Å²) in [5.41, 5.74) is 3.47. The van der Waals surface area contributed by atoms with Crippen LogP contribution in [0.1, 0.15) is 18.9 Å². The molecule has 166 valence electrons. The molecule has 0 unspecified atom stereocenters. The van der Waals surface area contributed by atoms with Gasteiger partial charge in [-0.15, -0.1) is 0 Å². The Morgan fingerprint density at radius 2 is 1.77 bits per heavy atom. The van der Waals surface area contributed by atoms with Gasteiger partial charge in [0.2, 0.25) is 10.0 Å². The molecule has 1 aliphatic heterocycles. The standard InChI is InChI=1S/C23H27NO6S/c1-4-29-13-14-30-21-8-5-17(6-9-21)18-7-10-22-20(15-18)16-19(23(25)28-2)11-12-24(22)31(3,26)27/h5-10,15-16H,4,11-14H2,1-3H3. The second-order valence-corrected chi connectivity index (χ2v) is 9.00. The van der Waals surface area contributed by atoms with Crippen LogP contribution in [0.15, 0.2) is 48.0 Å². The molecule has 2 aromatic rings. The first-order valence-corrected chi connectivity index (χ1v) is 11.9. The number of fused-ring (bicyclic) bond motifs is 1. The fraction of sp³-hybridized carbons (Fsp3) is 0.348. The third-order valence-electron chi connectivity index (χ3n) is 4.95. The van der Waals surface area contributed by atoms with Gasteiger partial charge in [-0.1, -0.05) is 18.2 Å². The van der Waals surface area contributed by atoms with Gasteiger partial charge in [-0.05, 0) is 60.4 Å². The number of benzene rings is 2. The third-order valence-corrected chi connectivity index (χ3v) is 6.13. The van der Waals surface area contributed by atoms with Crippen molar-refractivity contribution in [1.82, 2.24) is 0 Å². The third kappa shape index (κ3) is 5.65. The lowest BCUT2D eigenvalue weighted by molar-refractivity contribution is -0.136. The largest absolute Gasteiger partial charge is 0.491 e. The molecule has 0 saturated heterocycles. The van der Waals surface area contributed by atoms with Crippen LogP contribution in [0.5, 0.6) is 5.75 Å². The van der Waals surface area contributed by atoms with E-state index >= 15 is 0 Å². The topological polar surface area (TPSA) is 82.1 Å². The first-order chi connectivity index (χ1) is 14.8. The molecule has 0 N–H and O–H groups in total. The molecule has 0 aromatic heterocycles. The SMILES string of the molecule is CCOCCOc1ccc(-c2ccc3c(c2)C=C(C(=O)OC)CCN3S(C)(=O)=O)cc1. The summed E-state index contributed by atoms with van der Waals surface area (Å²) in [6.45, 7) is 3.79. The van der Waals surface area contributed by atoms with Gasteiger partial charge in [-0.3, -0.25) is 4.31 Å². The molecular weight excluding hydrogens is 418 g/mol. The highest BCUT2D eigenvalue weighted by Gasteiger charge is 2.25. The van der Waals surface area contributed by atoms with Crippen molar-refractivity contribution in [2.45, 2.75) is 13.3 Å². The number of esters is 1. The molecule has 7 nitrogen and oxygen atoms in total. The van der Waals surface area contributed by atoms with Crippen LogP contribution in [0.3, 0.4) is 0 Å². The molecule has 1 heterocycles. The van der Waals surface area contributed by atoms with Crippen molar-refractivity contribution in [3.63, 3.8) is 0 Å². The Bertz CT molecular complexity index is 1060. The molecule has 0 spiro atoms. The number of anilines is 1. The van der Waals surface area contributed by atoms with E-state index in [-0.39, 0.29) is 13.0 Å². The summed E-state index contributed by atoms with van der Waals surface area (Å²) < 4.78 is 41.8. The number of sulfonamides is 1. The van der Waals surface area contributed by atoms with Crippen LogP contribution in [0.25, 0.3) is 17.2 Å². The fourth-order valence-electron chi connectivity index (χ4n) is 3.42. The molecule has 31 heavy (non-hydrogen) atoms. The highest BCUT2D eigenvalue weighted by Crippen LogP contribution is 2.34. The molecule has 3 rings (SSSR count). The van der Waals surface area contributed by atoms with Crippen LogP contribution >= 0.6 is 0 Å². The Hall–Kier alpha value is -2.84. The summed E-state index contributed by atoms with van der Waals surface area (Å²) in [6.07, 6.45) is 3.15. The Labute approximate surface area is 183 Å². The average molecular weight is 446 g/mol. The maximum atomic E-state index is 12.3. The van der Waals surface area contributed by atoms with E-state index in [0.717, 1.165) is 23.1 Å². The highest BCUT2D eigenvalue weighted by molar-refractivity contribution is 7.92. The summed E-state index contributed by atoms with van der Waals surface area (Å²) in [7, 11) is -2.18. The molecule has 0 amide bonds. The highest BCUT2D eigenvalue weighted by atomic mass is 32.2. The van der Waals surface area contributed by atoms with Gasteiger partial charge in [0.1, 0.15) is 12.4 Å². The Kier molecular flexibility index (Phi) is 7.35. The van der Waals surface area contributed by atoms with E-state index in [1.165, 1.54) is 11.4 Å². The summed E-state index contributed by atoms with van der Waals surface area (Å²) in [4.78, 5) is 12.1. The lowest BCUT2D eigenvalue weighted by Gasteiger charge is -2.22. The van der Waals surface area contributed by atoms with Crippen molar-refractivity contribution in [3.8, 4) is 16.9 Å². The molecule has 8 heteroatoms. The maximum Gasteiger partial charge on any atom is 0.333 e. The average Bonchev–Trinajstić information content (AvgIpc) is 2.96. The second-order valence-electron chi connectivity index (χ2n) is 7.09. The number of methoxy groups -OCH3 is 1. The van der Waals surface area contributed by atoms with Crippen LogP contribution in [-0.4, -0.2) is 54.1 Å². The van der Waals surface area contributed by atoms with E-state index in [4.69, 9.17) is 14.2 Å². The minimum absolute atomic E-state index is 0.180. The van der Waals surface area contributed by atoms with Crippen LogP contribution in [0.2, 0.25) is 0 Å². The zero-order valence-corrected chi connectivity index (χ0v) is 18.8. The number of hydrogen-bond acceptors (Lipinski definition) is 6. The van der Waals surface area contributed by atoms with E-state index in [1.807, 2.05) is 43.3 Å². The molecule has 0 saturated carbocycles. The van der Waals surface area contributed by atoms with Crippen LogP contribution in [-0.2, 0) is 24.3 Å². The van der Waals surface area contributed by atoms with Crippen molar-refractivity contribution in [2.75, 3.05) is 44.0 Å². The summed E-state index contributed by atoms with van der Waals surface area (Å²) in [5.74, 6) is 0.287. The number of rotatable bonds is 8. The molecule has 0 radical (unpaired) electrons. The maximum absolute atomic E-state index is 12.3. The van der Waals surface area contributed by atoms with Gasteiger partial charge in [0.15, 0.2) is 0 Å². The molecule has 0 aliphatic carbocycles. The summed E-state index contributed by atoms with van der Waals surface area (Å²) >= 11 is 0. The van der Waals surface area contributed by atoms with E-state index in [1.54, 1.807) is 12.1 Å². The van der Waals surface area contributed by atoms with Gasteiger partial charge in [0, 0.05) is 18.7 Å². The number of carbonyl (C=O) groups excluding carboxylic acids is 1. The second kappa shape index (κ2) is 9.98. The smallest absolute Gasteiger partial charge is 0.333 e. The number of ether oxygens (including phenoxy) is 3. The van der Waals surface area contributed by atoms with Crippen molar-refractivity contribution >= 4 is 27.8 Å². The van der Waals surface area contributed by atoms with Crippen LogP contribution < -0.4 is 9.04 Å². The summed E-state index contributed by atoms with van der Waals surface area (Å²) in [5, 5.41) is 0. The van der Waals surface area contributed by atoms with Crippen molar-refractivity contribution in [3.05, 3.63) is 53.6 Å². The molecule has 0 bridgehead atoms. The minimum atomic E-state index is -3.49. The fourth-order valence-corrected chi connectivity index (χ4v) is 4.37. The van der Waals surface area contributed by atoms with Crippen molar-refractivity contribution in [2.24, 2.45) is 0 Å². The molecule has 1 aliphatic rings. The van der Waals surface area contributed by atoms with Gasteiger partial charge in [0.25, 0.3) is 0 Å². The zero-order valence-electron chi connectivity index (χ0n) is 18.0. The van der Waals surface area contributed by atoms with Crippen LogP contribution in [0.4, 0.5) is 5.69 Å². The lowest BCUT2D eigenvalue weighted by Crippen LogP contribution is -2.31. The van der Waals surface area contributed by atoms with Gasteiger partial charge >= 0.3 is 5.97 Å². The molecule has 2 aromatic carbocycles. The van der Waals surface area contributed by atoms with Crippen molar-refractivity contribution < 1.29 is 27.4 Å². The van der Waals surface area contributed by atoms with Crippen LogP contribution in [0, 0.1) is 0 Å². The minimum Gasteiger partial charge on any atom is -0.491 e. The lowest BCUT2D eigenvalue weighted by atomic mass is 10.0. The van der Waals surface area contributed by atoms with E-state index < -0.39 is 16.0 Å². The van der Waals surface area contributed by atoms with Crippen molar-refractivity contribution in [1.29, 1.82) is 0 Å². The normalized spacial score (nSPS) is 13.8. The zero-order chi connectivity index (χ0) is 22.4. The van der Waals surface area contributed by atoms with E-state index in [0.29, 0.717) is 36.6 Å². The molecular formula is C23H27NO6S.